The summed E-state index contributed by atoms with van der Waals surface area (Å²) in [7, 11) is 5.41. The largest absolute Gasteiger partial charge is 0.476 e. The maximum absolute atomic E-state index is 14.8. The topological polar surface area (TPSA) is 126 Å². The number of thioether (sulfide) groups is 1. The van der Waals surface area contributed by atoms with Crippen molar-refractivity contribution in [2.24, 2.45) is 21.6 Å². The zero-order valence-electron chi connectivity index (χ0n) is 33.1. The van der Waals surface area contributed by atoms with Crippen molar-refractivity contribution < 1.29 is 19.0 Å². The van der Waals surface area contributed by atoms with Crippen LogP contribution in [0.15, 0.2) is 105 Å². The molecule has 1 aliphatic carbocycles. The van der Waals surface area contributed by atoms with Crippen LogP contribution in [-0.4, -0.2) is 112 Å². The van der Waals surface area contributed by atoms with Crippen LogP contribution in [0.25, 0.3) is 0 Å². The number of methoxy groups -OCH3 is 1. The second kappa shape index (κ2) is 23.2. The van der Waals surface area contributed by atoms with Crippen LogP contribution in [-0.2, 0) is 19.0 Å². The fourth-order valence-corrected chi connectivity index (χ4v) is 6.57. The average molecular weight is 750 g/mol. The third-order valence-electron chi connectivity index (χ3n) is 9.10. The van der Waals surface area contributed by atoms with E-state index >= 15 is 0 Å². The molecule has 3 atom stereocenters. The molecule has 11 nitrogen and oxygen atoms in total. The standard InChI is InChI=1S/C41H63N7O4S/c1-10-12-13-16-30(5)19-33(45-27-42)21-39(43-7)52-26-35(25-51-36-17-14-18-36)48(41(49)32(15-11-2)20-31(6)53-28-50-9)24-34-23-44-37-22-38(29(3)4)47(8)40(37)46-34/h10-13,15-16,19-22,29,35-37,40,44-45H,6,14,17-18,23-28,42H2,1-5,7-9H3/b12-10+,15-11-,16-13-,30-19+,32-20+,33-21?,43-39?. The summed E-state index contributed by atoms with van der Waals surface area (Å²) >= 11 is 1.44. The highest BCUT2D eigenvalue weighted by Gasteiger charge is 2.37. The zero-order valence-corrected chi connectivity index (χ0v) is 34.0. The van der Waals surface area contributed by atoms with Gasteiger partial charge in [0.15, 0.2) is 0 Å². The maximum atomic E-state index is 14.8. The molecule has 2 heterocycles. The van der Waals surface area contributed by atoms with Crippen LogP contribution in [0.4, 0.5) is 0 Å². The SMILES string of the molecule is C=C(/C=C(\C=C/C)C(=O)N(CC1=NC2C(C=C(C(C)C)N2C)NC1)C(COC(C=C(/C=C(C)/C=C\C=C\C)NCN)=NC)COC1CCC1)SCOC. The van der Waals surface area contributed by atoms with E-state index in [1.807, 2.05) is 80.4 Å². The number of nitrogens with one attached hydrogen (secondary N) is 2. The van der Waals surface area contributed by atoms with Crippen LogP contribution in [0.1, 0.15) is 53.9 Å². The normalized spacial score (nSPS) is 21.0. The van der Waals surface area contributed by atoms with Gasteiger partial charge in [-0.1, -0.05) is 68.6 Å². The van der Waals surface area contributed by atoms with Crippen LogP contribution in [0.3, 0.4) is 0 Å². The fraction of sp³-hybridized carbons (Fsp3) is 0.537. The molecule has 0 radical (unpaired) electrons. The Kier molecular flexibility index (Phi) is 19.1. The van der Waals surface area contributed by atoms with Crippen LogP contribution >= 0.6 is 11.8 Å². The number of hydrogen-bond donors (Lipinski definition) is 3. The molecule has 3 rings (SSSR count). The van der Waals surface area contributed by atoms with Gasteiger partial charge in [0.05, 0.1) is 43.9 Å². The Morgan fingerprint density at radius 1 is 1.21 bits per heavy atom. The van der Waals surface area contributed by atoms with Crippen molar-refractivity contribution in [3.8, 4) is 0 Å². The smallest absolute Gasteiger partial charge is 0.254 e. The summed E-state index contributed by atoms with van der Waals surface area (Å²) in [6.45, 7) is 16.0. The lowest BCUT2D eigenvalue weighted by Gasteiger charge is -2.37. The van der Waals surface area contributed by atoms with Gasteiger partial charge in [-0.25, -0.2) is 0 Å². The third kappa shape index (κ3) is 13.9. The van der Waals surface area contributed by atoms with Crippen molar-refractivity contribution in [3.63, 3.8) is 0 Å². The van der Waals surface area contributed by atoms with Gasteiger partial charge in [0.2, 0.25) is 5.90 Å². The van der Waals surface area contributed by atoms with Crippen LogP contribution in [0, 0.1) is 5.92 Å². The summed E-state index contributed by atoms with van der Waals surface area (Å²) in [5, 5.41) is 6.86. The van der Waals surface area contributed by atoms with E-state index in [1.54, 1.807) is 14.2 Å². The van der Waals surface area contributed by atoms with E-state index in [9.17, 15) is 4.79 Å². The number of fused-ring (bicyclic) bond motifs is 1. The number of ether oxygens (including phenoxy) is 3. The van der Waals surface area contributed by atoms with Gasteiger partial charge in [0.1, 0.15) is 12.8 Å². The third-order valence-corrected chi connectivity index (χ3v) is 9.94. The van der Waals surface area contributed by atoms with Gasteiger partial charge in [-0.3, -0.25) is 14.8 Å². The van der Waals surface area contributed by atoms with Gasteiger partial charge in [-0.2, -0.15) is 0 Å². The van der Waals surface area contributed by atoms with Crippen LogP contribution in [0.5, 0.6) is 0 Å². The van der Waals surface area contributed by atoms with E-state index < -0.39 is 6.04 Å². The molecule has 3 unspecified atom stereocenters. The number of likely N-dealkylation sites (N-methyl/N-ethyl adjacent to an activating group) is 1. The van der Waals surface area contributed by atoms with Crippen molar-refractivity contribution in [2.45, 2.75) is 78.2 Å². The van der Waals surface area contributed by atoms with Crippen LogP contribution < -0.4 is 16.4 Å². The lowest BCUT2D eigenvalue weighted by Crippen LogP contribution is -2.54. The van der Waals surface area contributed by atoms with Gasteiger partial charge in [0.25, 0.3) is 5.91 Å². The van der Waals surface area contributed by atoms with Crippen molar-refractivity contribution in [1.29, 1.82) is 0 Å². The summed E-state index contributed by atoms with van der Waals surface area (Å²) in [6.07, 6.45) is 22.8. The first kappa shape index (κ1) is 43.7. The number of carbonyl (C=O) groups is 1. The predicted molar refractivity (Wildman–Crippen MR) is 222 cm³/mol. The first-order valence-corrected chi connectivity index (χ1v) is 19.6. The highest BCUT2D eigenvalue weighted by molar-refractivity contribution is 8.03. The Bertz CT molecular complexity index is 1500. The Labute approximate surface area is 322 Å². The predicted octanol–water partition coefficient (Wildman–Crippen LogP) is 5.84. The fourth-order valence-electron chi connectivity index (χ4n) is 6.09. The lowest BCUT2D eigenvalue weighted by atomic mass is 9.96. The number of allylic oxidation sites excluding steroid dienone is 9. The summed E-state index contributed by atoms with van der Waals surface area (Å²) in [5.74, 6) is 1.05. The van der Waals surface area contributed by atoms with Crippen molar-refractivity contribution in [3.05, 3.63) is 94.8 Å². The Morgan fingerprint density at radius 3 is 2.60 bits per heavy atom. The second-order valence-corrected chi connectivity index (χ2v) is 14.6. The Balaban J connectivity index is 2.01. The van der Waals surface area contributed by atoms with E-state index in [-0.39, 0.29) is 37.5 Å². The van der Waals surface area contributed by atoms with Crippen molar-refractivity contribution in [2.75, 3.05) is 60.1 Å². The van der Waals surface area contributed by atoms with Gasteiger partial charge in [-0.15, -0.1) is 0 Å². The lowest BCUT2D eigenvalue weighted by molar-refractivity contribution is -0.132. The molecule has 0 aromatic carbocycles. The molecule has 0 bridgehead atoms. The van der Waals surface area contributed by atoms with Crippen molar-refractivity contribution in [1.82, 2.24) is 20.4 Å². The number of carbonyl (C=O) groups excluding carboxylic acids is 1. The molecule has 1 fully saturated rings. The number of nitrogens with two attached hydrogens (primary N) is 1. The van der Waals surface area contributed by atoms with Crippen LogP contribution in [0.2, 0.25) is 0 Å². The minimum atomic E-state index is -0.458. The molecule has 2 aliphatic heterocycles. The van der Waals surface area contributed by atoms with E-state index in [2.05, 4.69) is 54.1 Å². The molecule has 0 spiro atoms. The number of nitrogens with zero attached hydrogens (tertiary/aromatic N) is 4. The number of amides is 1. The quantitative estimate of drug-likeness (QED) is 0.0436. The molecule has 3 aliphatic rings. The molecule has 0 aromatic rings. The molecule has 12 heteroatoms. The molecular weight excluding hydrogens is 687 g/mol. The van der Waals surface area contributed by atoms with Gasteiger partial charge in [-0.05, 0) is 69.8 Å². The second-order valence-electron chi connectivity index (χ2n) is 13.6. The molecule has 0 aromatic heterocycles. The summed E-state index contributed by atoms with van der Waals surface area (Å²) < 4.78 is 18.1. The molecule has 0 saturated heterocycles. The number of rotatable bonds is 21. The van der Waals surface area contributed by atoms with Gasteiger partial charge < -0.3 is 40.4 Å². The Morgan fingerprint density at radius 2 is 1.98 bits per heavy atom. The highest BCUT2D eigenvalue weighted by Crippen LogP contribution is 2.29. The Hall–Kier alpha value is -3.68. The minimum absolute atomic E-state index is 0.0772. The zero-order chi connectivity index (χ0) is 38.8. The summed E-state index contributed by atoms with van der Waals surface area (Å²) in [5.41, 5.74) is 10.3. The molecule has 53 heavy (non-hydrogen) atoms. The molecular formula is C41H63N7O4S. The van der Waals surface area contributed by atoms with Crippen molar-refractivity contribution >= 4 is 29.3 Å². The van der Waals surface area contributed by atoms with Gasteiger partial charge >= 0.3 is 0 Å². The average Bonchev–Trinajstić information content (AvgIpc) is 3.45. The number of aliphatic imine (C=N–C) groups is 2. The number of hydrogen-bond acceptors (Lipinski definition) is 11. The van der Waals surface area contributed by atoms with E-state index in [4.69, 9.17) is 24.9 Å². The monoisotopic (exact) mass is 749 g/mol. The van der Waals surface area contributed by atoms with E-state index in [0.29, 0.717) is 43.0 Å². The summed E-state index contributed by atoms with van der Waals surface area (Å²) in [4.78, 5) is 29.2. The molecule has 1 saturated carbocycles. The molecule has 1 amide bonds. The minimum Gasteiger partial charge on any atom is -0.476 e. The maximum Gasteiger partial charge on any atom is 0.254 e. The van der Waals surface area contributed by atoms with E-state index in [1.165, 1.54) is 17.5 Å². The van der Waals surface area contributed by atoms with Gasteiger partial charge in [0, 0.05) is 61.4 Å². The molecule has 292 valence electrons. The first-order valence-electron chi connectivity index (χ1n) is 18.6. The first-order chi connectivity index (χ1) is 25.5. The highest BCUT2D eigenvalue weighted by atomic mass is 32.2. The summed E-state index contributed by atoms with van der Waals surface area (Å²) in [6, 6.07) is -0.339. The van der Waals surface area contributed by atoms with E-state index in [0.717, 1.165) is 41.1 Å². The molecule has 4 N–H and O–H groups in total.